The molecule has 0 bridgehead atoms. The summed E-state index contributed by atoms with van der Waals surface area (Å²) in [6.07, 6.45) is 10.4. The van der Waals surface area contributed by atoms with Crippen LogP contribution in [0.15, 0.2) is 36.4 Å². The minimum absolute atomic E-state index is 0.00365. The van der Waals surface area contributed by atoms with Gasteiger partial charge in [0.1, 0.15) is 0 Å². The average Bonchev–Trinajstić information content (AvgIpc) is 3.84. The van der Waals surface area contributed by atoms with Crippen LogP contribution in [-0.4, -0.2) is 33.3 Å². The maximum atomic E-state index is 7.75. The molecular weight excluding hydrogens is 1010 g/mol. The third kappa shape index (κ3) is 10.9. The second kappa shape index (κ2) is 23.1. The van der Waals surface area contributed by atoms with Gasteiger partial charge in [-0.25, -0.2) is 0 Å². The number of hydrogen-bond donors (Lipinski definition) is 0. The molecule has 2 aliphatic rings. The standard InChI is InChI=1S/C56H97O4Si4.2ClH.Zr/c1-35(2)61(36(3)4,37(5)6)57-51-31-33-53(59-63(41(13)14,42(15)16)43(17)18)55-47(27-29-49(51)55)25-26-48-28-30-50-52(58-62(38(7)8,39(9)10)40(11)12)32-34-54(56(48)50)60-64(44(19)20,45(21)22)46(23)24;;;/h25,27-48H,26H2,1-24H3;2*1H;/q;;;+2/p-2. The second-order valence-corrected chi connectivity index (χ2v) is 55.2. The predicted octanol–water partition coefficient (Wildman–Crippen LogP) is 20.9. The molecule has 0 aromatic heterocycles. The molecule has 0 saturated heterocycles. The van der Waals surface area contributed by atoms with Gasteiger partial charge in [-0.05, 0) is 0 Å². The van der Waals surface area contributed by atoms with Gasteiger partial charge < -0.3 is 0 Å². The number of halogens is 2. The van der Waals surface area contributed by atoms with E-state index in [-0.39, 0.29) is 15.5 Å². The van der Waals surface area contributed by atoms with Gasteiger partial charge in [0, 0.05) is 0 Å². The van der Waals surface area contributed by atoms with E-state index >= 15 is 0 Å². The van der Waals surface area contributed by atoms with Crippen LogP contribution in [-0.2, 0) is 19.4 Å². The Morgan fingerprint density at radius 1 is 0.388 bits per heavy atom. The Morgan fingerprint density at radius 3 is 0.940 bits per heavy atom. The molecule has 4 nitrogen and oxygen atoms in total. The van der Waals surface area contributed by atoms with E-state index in [0.717, 1.165) is 29.4 Å². The first-order valence-corrected chi connectivity index (χ1v) is 42.9. The summed E-state index contributed by atoms with van der Waals surface area (Å²) in [7, 11) is 5.93. The van der Waals surface area contributed by atoms with Crippen molar-refractivity contribution in [3.05, 3.63) is 58.7 Å². The van der Waals surface area contributed by atoms with Gasteiger partial charge in [0.05, 0.1) is 0 Å². The molecule has 2 aromatic rings. The summed E-state index contributed by atoms with van der Waals surface area (Å²) in [6, 6.07) is 9.05. The Kier molecular flexibility index (Phi) is 20.4. The number of allylic oxidation sites excluding steroid dienone is 2. The second-order valence-electron chi connectivity index (χ2n) is 24.4. The van der Waals surface area contributed by atoms with E-state index < -0.39 is 52.6 Å². The molecule has 0 aliphatic heterocycles. The summed E-state index contributed by atoms with van der Waals surface area (Å²) < 4.78 is 30.8. The van der Waals surface area contributed by atoms with Crippen LogP contribution in [0.4, 0.5) is 0 Å². The fraction of sp³-hybridized carbons (Fsp3) is 0.714. The molecule has 2 aromatic carbocycles. The van der Waals surface area contributed by atoms with E-state index in [9.17, 15) is 0 Å². The Morgan fingerprint density at radius 2 is 0.642 bits per heavy atom. The van der Waals surface area contributed by atoms with Gasteiger partial charge in [0.15, 0.2) is 0 Å². The third-order valence-electron chi connectivity index (χ3n) is 17.3. The van der Waals surface area contributed by atoms with Crippen LogP contribution in [0.1, 0.15) is 207 Å². The molecule has 0 amide bonds. The predicted molar refractivity (Wildman–Crippen MR) is 303 cm³/mol. The first kappa shape index (κ1) is 59.0. The third-order valence-corrected chi connectivity index (χ3v) is 47.4. The fourth-order valence-electron chi connectivity index (χ4n) is 14.6. The van der Waals surface area contributed by atoms with Gasteiger partial charge in [-0.3, -0.25) is 0 Å². The first-order chi connectivity index (χ1) is 30.9. The molecule has 0 N–H and O–H groups in total. The molecule has 0 heterocycles. The molecule has 3 unspecified atom stereocenters. The molecular formula is C56H97Cl2O4Si4Zr. The van der Waals surface area contributed by atoms with Gasteiger partial charge in [-0.2, -0.15) is 0 Å². The number of benzene rings is 2. The van der Waals surface area contributed by atoms with Crippen molar-refractivity contribution >= 4 is 62.4 Å². The Hall–Kier alpha value is -0.549. The summed E-state index contributed by atoms with van der Waals surface area (Å²) in [4.78, 5) is 0. The molecule has 0 spiro atoms. The summed E-state index contributed by atoms with van der Waals surface area (Å²) in [5.74, 6) is 4.12. The molecule has 0 saturated carbocycles. The van der Waals surface area contributed by atoms with Crippen LogP contribution in [0, 0.1) is 0 Å². The summed E-state index contributed by atoms with van der Waals surface area (Å²) >= 11 is -3.10. The molecule has 67 heavy (non-hydrogen) atoms. The molecule has 4 rings (SSSR count). The Bertz CT molecular complexity index is 1930. The Labute approximate surface area is 432 Å². The topological polar surface area (TPSA) is 36.9 Å². The van der Waals surface area contributed by atoms with Crippen molar-refractivity contribution in [2.24, 2.45) is 0 Å². The number of hydrogen-bond acceptors (Lipinski definition) is 4. The van der Waals surface area contributed by atoms with Crippen molar-refractivity contribution in [1.82, 2.24) is 0 Å². The Balaban J connectivity index is 2.02. The molecule has 379 valence electrons. The molecule has 11 heteroatoms. The summed E-state index contributed by atoms with van der Waals surface area (Å²) in [6.45, 7) is 57.1. The monoisotopic (exact) mass is 1110 g/mol. The zero-order valence-electron chi connectivity index (χ0n) is 46.9. The zero-order chi connectivity index (χ0) is 51.0. The maximum absolute atomic E-state index is 7.75. The van der Waals surface area contributed by atoms with E-state index in [0.29, 0.717) is 66.5 Å². The van der Waals surface area contributed by atoms with Gasteiger partial charge in [-0.15, -0.1) is 0 Å². The van der Waals surface area contributed by atoms with Crippen LogP contribution in [0.25, 0.3) is 12.2 Å². The van der Waals surface area contributed by atoms with E-state index in [2.05, 4.69) is 215 Å². The van der Waals surface area contributed by atoms with Gasteiger partial charge in [0.25, 0.3) is 0 Å². The zero-order valence-corrected chi connectivity index (χ0v) is 54.8. The van der Waals surface area contributed by atoms with E-state index in [1.54, 1.807) is 0 Å². The molecule has 3 atom stereocenters. The van der Waals surface area contributed by atoms with E-state index in [1.807, 2.05) is 0 Å². The number of rotatable bonds is 24. The first-order valence-electron chi connectivity index (χ1n) is 26.6. The number of fused-ring (bicyclic) bond motifs is 2. The van der Waals surface area contributed by atoms with Crippen molar-refractivity contribution in [2.45, 2.75) is 255 Å². The summed E-state index contributed by atoms with van der Waals surface area (Å²) in [5.41, 5.74) is 10.1. The molecule has 0 fully saturated rings. The van der Waals surface area contributed by atoms with Crippen molar-refractivity contribution < 1.29 is 37.1 Å². The summed E-state index contributed by atoms with van der Waals surface area (Å²) in [5, 5.41) is 0. The van der Waals surface area contributed by atoms with Crippen LogP contribution >= 0.6 is 17.0 Å². The van der Waals surface area contributed by atoms with Crippen LogP contribution in [0.2, 0.25) is 70.1 Å². The van der Waals surface area contributed by atoms with Gasteiger partial charge in [0.2, 0.25) is 0 Å². The fourth-order valence-corrected chi connectivity index (χ4v) is 40.7. The quantitative estimate of drug-likeness (QED) is 0.0982. The van der Waals surface area contributed by atoms with Crippen molar-refractivity contribution in [3.8, 4) is 23.0 Å². The van der Waals surface area contributed by atoms with Crippen LogP contribution < -0.4 is 17.7 Å². The molecule has 0 radical (unpaired) electrons. The van der Waals surface area contributed by atoms with Gasteiger partial charge >= 0.3 is 436 Å². The van der Waals surface area contributed by atoms with Crippen molar-refractivity contribution in [3.63, 3.8) is 0 Å². The van der Waals surface area contributed by atoms with E-state index in [4.69, 9.17) is 34.7 Å². The van der Waals surface area contributed by atoms with Crippen molar-refractivity contribution in [1.29, 1.82) is 0 Å². The van der Waals surface area contributed by atoms with E-state index in [1.165, 1.54) is 22.3 Å². The molecule has 2 aliphatic carbocycles. The van der Waals surface area contributed by atoms with Gasteiger partial charge in [-0.1, -0.05) is 0 Å². The normalized spacial score (nSPS) is 17.4. The average molecular weight is 1110 g/mol. The van der Waals surface area contributed by atoms with Crippen molar-refractivity contribution in [2.75, 3.05) is 0 Å². The van der Waals surface area contributed by atoms with Crippen LogP contribution in [0.5, 0.6) is 23.0 Å². The SMILES string of the molecule is CC(C)[Si](Oc1ccc(O[Si](C(C)C)(C(C)C)C(C)C)c2c1C=CC2C[CH](C1C=Cc2c(O[Si](C(C)C)(C(C)C)C(C)C)ccc(O[Si](C(C)C)(C(C)C)C(C)C)c21)[Zr]([Cl])[Cl])(C(C)C)C(C)C. The minimum atomic E-state index is -3.10. The van der Waals surface area contributed by atoms with Crippen LogP contribution in [0.3, 0.4) is 0 Å².